The van der Waals surface area contributed by atoms with Crippen LogP contribution in [0.2, 0.25) is 5.02 Å². The molecule has 0 aliphatic carbocycles. The Labute approximate surface area is 200 Å². The van der Waals surface area contributed by atoms with Gasteiger partial charge in [-0.25, -0.2) is 0 Å². The number of hydrogen-bond donors (Lipinski definition) is 1. The van der Waals surface area contributed by atoms with Crippen LogP contribution in [0.3, 0.4) is 0 Å². The fourth-order valence-corrected chi connectivity index (χ4v) is 3.91. The molecule has 1 heterocycles. The number of alkyl halides is 3. The molecule has 35 heavy (non-hydrogen) atoms. The van der Waals surface area contributed by atoms with Crippen LogP contribution in [0, 0.1) is 10.1 Å². The Morgan fingerprint density at radius 1 is 1.00 bits per heavy atom. The van der Waals surface area contributed by atoms with Crippen molar-refractivity contribution in [2.75, 3.05) is 4.90 Å². The van der Waals surface area contributed by atoms with Crippen LogP contribution in [-0.2, 0) is 15.8 Å². The van der Waals surface area contributed by atoms with Gasteiger partial charge < -0.3 is 5.11 Å². The lowest BCUT2D eigenvalue weighted by Gasteiger charge is -2.26. The van der Waals surface area contributed by atoms with Crippen molar-refractivity contribution in [2.24, 2.45) is 0 Å². The topological polar surface area (TPSA) is 101 Å². The number of carbonyl (C=O) groups excluding carboxylic acids is 2. The van der Waals surface area contributed by atoms with Gasteiger partial charge in [-0.3, -0.25) is 24.6 Å². The van der Waals surface area contributed by atoms with Crippen molar-refractivity contribution >= 4 is 40.4 Å². The second-order valence-electron chi connectivity index (χ2n) is 7.57. The molecule has 1 aliphatic rings. The number of nitro groups is 1. The van der Waals surface area contributed by atoms with Crippen LogP contribution in [0.4, 0.5) is 24.5 Å². The van der Waals surface area contributed by atoms with Crippen LogP contribution < -0.4 is 4.90 Å². The number of non-ortho nitro benzene ring substituents is 1. The van der Waals surface area contributed by atoms with Crippen LogP contribution >= 0.6 is 11.6 Å². The number of aliphatic hydroxyl groups excluding tert-OH is 1. The Morgan fingerprint density at radius 2 is 1.63 bits per heavy atom. The van der Waals surface area contributed by atoms with E-state index in [0.29, 0.717) is 10.6 Å². The number of halogens is 4. The quantitative estimate of drug-likeness (QED) is 0.157. The molecule has 3 aromatic rings. The Balaban J connectivity index is 1.92. The second-order valence-corrected chi connectivity index (χ2v) is 8.01. The largest absolute Gasteiger partial charge is 0.507 e. The molecule has 7 nitrogen and oxygen atoms in total. The molecule has 1 amide bonds. The van der Waals surface area contributed by atoms with Crippen LogP contribution in [-0.4, -0.2) is 21.7 Å². The fraction of sp³-hybridized carbons (Fsp3) is 0.0833. The van der Waals surface area contributed by atoms with Crippen LogP contribution in [0.5, 0.6) is 0 Å². The first-order chi connectivity index (χ1) is 16.5. The van der Waals surface area contributed by atoms with Crippen molar-refractivity contribution in [2.45, 2.75) is 12.2 Å². The highest BCUT2D eigenvalue weighted by atomic mass is 35.5. The van der Waals surface area contributed by atoms with Crippen molar-refractivity contribution in [3.05, 3.63) is 110 Å². The number of anilines is 1. The Morgan fingerprint density at radius 3 is 2.20 bits per heavy atom. The van der Waals surface area contributed by atoms with Crippen LogP contribution in [0.1, 0.15) is 22.7 Å². The van der Waals surface area contributed by atoms with E-state index in [1.165, 1.54) is 42.5 Å². The summed E-state index contributed by atoms with van der Waals surface area (Å²) in [5, 5.41) is 22.2. The minimum Gasteiger partial charge on any atom is -0.507 e. The molecule has 0 spiro atoms. The van der Waals surface area contributed by atoms with Gasteiger partial charge in [0.1, 0.15) is 5.76 Å². The number of nitrogens with zero attached hydrogens (tertiary/aromatic N) is 2. The lowest BCUT2D eigenvalue weighted by molar-refractivity contribution is -0.384. The van der Waals surface area contributed by atoms with E-state index in [-0.39, 0.29) is 22.5 Å². The summed E-state index contributed by atoms with van der Waals surface area (Å²) in [6, 6.07) is 13.1. The van der Waals surface area contributed by atoms with E-state index in [1.54, 1.807) is 0 Å². The monoisotopic (exact) mass is 502 g/mol. The van der Waals surface area contributed by atoms with Gasteiger partial charge in [0.2, 0.25) is 0 Å². The first-order valence-corrected chi connectivity index (χ1v) is 10.4. The number of aliphatic hydroxyl groups is 1. The van der Waals surface area contributed by atoms with E-state index in [0.717, 1.165) is 35.2 Å². The van der Waals surface area contributed by atoms with Crippen LogP contribution in [0.25, 0.3) is 5.76 Å². The van der Waals surface area contributed by atoms with Gasteiger partial charge in [-0.2, -0.15) is 13.2 Å². The molecule has 1 saturated heterocycles. The molecule has 0 saturated carbocycles. The first-order valence-electron chi connectivity index (χ1n) is 9.97. The summed E-state index contributed by atoms with van der Waals surface area (Å²) in [5.74, 6) is -2.90. The predicted octanol–water partition coefficient (Wildman–Crippen LogP) is 5.89. The molecule has 4 rings (SSSR count). The standard InChI is InChI=1S/C24H14ClF3N2O5/c25-16-8-4-13(5-9-16)20-19(21(31)14-6-10-17(11-7-14)30(34)35)22(32)23(33)29(20)18-3-1-2-15(12-18)24(26,27)28/h1-12,20,31H/t20-/m0/s1. The predicted molar refractivity (Wildman–Crippen MR) is 121 cm³/mol. The third-order valence-electron chi connectivity index (χ3n) is 5.43. The van der Waals surface area contributed by atoms with Gasteiger partial charge >= 0.3 is 6.18 Å². The number of amides is 1. The molecule has 11 heteroatoms. The zero-order valence-electron chi connectivity index (χ0n) is 17.5. The Kier molecular flexibility index (Phi) is 6.08. The fourth-order valence-electron chi connectivity index (χ4n) is 3.79. The number of benzene rings is 3. The average Bonchev–Trinajstić information content (AvgIpc) is 3.09. The molecule has 0 bridgehead atoms. The maximum absolute atomic E-state index is 13.3. The van der Waals surface area contributed by atoms with Gasteiger partial charge in [0.15, 0.2) is 0 Å². The molecular weight excluding hydrogens is 489 g/mol. The van der Waals surface area contributed by atoms with Gasteiger partial charge in [-0.1, -0.05) is 29.8 Å². The first kappa shape index (κ1) is 24.0. The SMILES string of the molecule is O=C1C(=O)N(c2cccc(C(F)(F)F)c2)[C@@H](c2ccc(Cl)cc2)C1=C(O)c1ccc([N+](=O)[O-])cc1. The average molecular weight is 503 g/mol. The normalized spacial score (nSPS) is 17.6. The van der Waals surface area contributed by atoms with Crippen LogP contribution in [0.15, 0.2) is 78.4 Å². The molecule has 1 fully saturated rings. The highest BCUT2D eigenvalue weighted by Crippen LogP contribution is 2.43. The van der Waals surface area contributed by atoms with Gasteiger partial charge in [-0.05, 0) is 48.0 Å². The van der Waals surface area contributed by atoms with Gasteiger partial charge in [-0.15, -0.1) is 0 Å². The Hall–Kier alpha value is -4.18. The number of Topliss-reactive ketones (excluding diaryl/α,β-unsaturated/α-hetero) is 1. The number of rotatable bonds is 4. The summed E-state index contributed by atoms with van der Waals surface area (Å²) in [6.07, 6.45) is -4.70. The highest BCUT2D eigenvalue weighted by molar-refractivity contribution is 6.51. The van der Waals surface area contributed by atoms with Crippen molar-refractivity contribution in [1.82, 2.24) is 0 Å². The zero-order valence-corrected chi connectivity index (χ0v) is 18.2. The smallest absolute Gasteiger partial charge is 0.416 e. The lowest BCUT2D eigenvalue weighted by atomic mass is 9.95. The van der Waals surface area contributed by atoms with Crippen molar-refractivity contribution in [1.29, 1.82) is 0 Å². The highest BCUT2D eigenvalue weighted by Gasteiger charge is 2.47. The second kappa shape index (κ2) is 8.88. The third kappa shape index (κ3) is 4.47. The number of nitro benzene ring substituents is 1. The summed E-state index contributed by atoms with van der Waals surface area (Å²) in [5.41, 5.74) is -1.57. The van der Waals surface area contributed by atoms with Gasteiger partial charge in [0.05, 0.1) is 22.1 Å². The summed E-state index contributed by atoms with van der Waals surface area (Å²) in [7, 11) is 0. The number of hydrogen-bond acceptors (Lipinski definition) is 5. The van der Waals surface area contributed by atoms with Crippen molar-refractivity contribution in [3.8, 4) is 0 Å². The van der Waals surface area contributed by atoms with E-state index in [1.807, 2.05) is 0 Å². The summed E-state index contributed by atoms with van der Waals surface area (Å²) in [4.78, 5) is 37.2. The Bertz CT molecular complexity index is 1370. The van der Waals surface area contributed by atoms with Crippen molar-refractivity contribution < 1.29 is 32.8 Å². The number of carbonyl (C=O) groups is 2. The van der Waals surface area contributed by atoms with E-state index in [9.17, 15) is 38.0 Å². The maximum Gasteiger partial charge on any atom is 0.416 e. The maximum atomic E-state index is 13.3. The number of ketones is 1. The molecule has 1 N–H and O–H groups in total. The van der Waals surface area contributed by atoms with E-state index in [2.05, 4.69) is 0 Å². The lowest BCUT2D eigenvalue weighted by Crippen LogP contribution is -2.29. The van der Waals surface area contributed by atoms with E-state index < -0.39 is 40.2 Å². The zero-order chi connectivity index (χ0) is 25.5. The van der Waals surface area contributed by atoms with E-state index in [4.69, 9.17) is 11.6 Å². The van der Waals surface area contributed by atoms with Crippen molar-refractivity contribution in [3.63, 3.8) is 0 Å². The van der Waals surface area contributed by atoms with E-state index >= 15 is 0 Å². The molecule has 0 radical (unpaired) electrons. The molecule has 3 aromatic carbocycles. The molecule has 1 atom stereocenters. The minimum atomic E-state index is -4.70. The van der Waals surface area contributed by atoms with Gasteiger partial charge in [0.25, 0.3) is 17.4 Å². The molecule has 0 aromatic heterocycles. The molecule has 1 aliphatic heterocycles. The minimum absolute atomic E-state index is 0.0107. The summed E-state index contributed by atoms with van der Waals surface area (Å²) in [6.45, 7) is 0. The summed E-state index contributed by atoms with van der Waals surface area (Å²) < 4.78 is 40.0. The van der Waals surface area contributed by atoms with Gasteiger partial charge in [0, 0.05) is 28.4 Å². The molecular formula is C24H14ClF3N2O5. The molecule has 178 valence electrons. The molecule has 0 unspecified atom stereocenters. The third-order valence-corrected chi connectivity index (χ3v) is 5.69. The summed E-state index contributed by atoms with van der Waals surface area (Å²) >= 11 is 5.95.